The molecule has 2 aliphatic rings. The molecule has 1 atom stereocenters. The van der Waals surface area contributed by atoms with Crippen LogP contribution in [0.5, 0.6) is 5.75 Å². The van der Waals surface area contributed by atoms with Gasteiger partial charge >= 0.3 is 6.09 Å². The summed E-state index contributed by atoms with van der Waals surface area (Å²) in [5.41, 5.74) is 1.16. The van der Waals surface area contributed by atoms with E-state index >= 15 is 0 Å². The highest BCUT2D eigenvalue weighted by Gasteiger charge is 2.32. The number of methoxy groups -OCH3 is 1. The number of carbonyl (C=O) groups is 2. The van der Waals surface area contributed by atoms with Gasteiger partial charge in [0.1, 0.15) is 12.4 Å². The van der Waals surface area contributed by atoms with Crippen LogP contribution in [-0.4, -0.2) is 42.9 Å². The molecule has 0 aliphatic carbocycles. The molecule has 0 bridgehead atoms. The number of thioether (sulfide) groups is 1. The quantitative estimate of drug-likeness (QED) is 0.855. The molecule has 2 amide bonds. The van der Waals surface area contributed by atoms with Crippen LogP contribution in [0.15, 0.2) is 23.1 Å². The number of hydrogen-bond acceptors (Lipinski definition) is 5. The predicted molar refractivity (Wildman–Crippen MR) is 74.1 cm³/mol. The van der Waals surface area contributed by atoms with Crippen LogP contribution in [0.3, 0.4) is 0 Å². The number of rotatable bonds is 3. The number of fused-ring (bicyclic) bond motifs is 1. The van der Waals surface area contributed by atoms with E-state index in [0.29, 0.717) is 19.6 Å². The van der Waals surface area contributed by atoms with Crippen LogP contribution in [0.4, 0.5) is 4.79 Å². The second-order valence-corrected chi connectivity index (χ2v) is 5.84. The summed E-state index contributed by atoms with van der Waals surface area (Å²) in [5, 5.41) is 0. The molecule has 0 N–H and O–H groups in total. The van der Waals surface area contributed by atoms with Crippen molar-refractivity contribution in [1.29, 1.82) is 0 Å². The van der Waals surface area contributed by atoms with Gasteiger partial charge in [-0.25, -0.2) is 9.69 Å². The van der Waals surface area contributed by atoms with E-state index in [1.54, 1.807) is 18.9 Å². The van der Waals surface area contributed by atoms with Crippen molar-refractivity contribution in [2.45, 2.75) is 17.2 Å². The van der Waals surface area contributed by atoms with Crippen molar-refractivity contribution < 1.29 is 19.1 Å². The topological polar surface area (TPSA) is 55.8 Å². The number of ether oxygens (including phenoxy) is 2. The van der Waals surface area contributed by atoms with E-state index in [1.165, 1.54) is 4.90 Å². The van der Waals surface area contributed by atoms with Crippen LogP contribution < -0.4 is 4.74 Å². The average molecular weight is 293 g/mol. The molecule has 106 valence electrons. The lowest BCUT2D eigenvalue weighted by atomic mass is 9.97. The van der Waals surface area contributed by atoms with Gasteiger partial charge in [-0.1, -0.05) is 6.07 Å². The van der Waals surface area contributed by atoms with Gasteiger partial charge in [-0.15, -0.1) is 11.8 Å². The van der Waals surface area contributed by atoms with Crippen LogP contribution in [-0.2, 0) is 9.53 Å². The van der Waals surface area contributed by atoms with Gasteiger partial charge < -0.3 is 9.47 Å². The Morgan fingerprint density at radius 3 is 3.10 bits per heavy atom. The average Bonchev–Trinajstić information content (AvgIpc) is 3.05. The minimum absolute atomic E-state index is 0.151. The van der Waals surface area contributed by atoms with Crippen molar-refractivity contribution in [3.05, 3.63) is 23.8 Å². The monoisotopic (exact) mass is 293 g/mol. The molecule has 0 spiro atoms. The number of nitrogens with zero attached hydrogens (tertiary/aromatic N) is 1. The Labute approximate surface area is 121 Å². The number of benzene rings is 1. The maximum Gasteiger partial charge on any atom is 0.416 e. The lowest BCUT2D eigenvalue weighted by Gasteiger charge is -2.15. The number of amides is 2. The van der Waals surface area contributed by atoms with Crippen LogP contribution >= 0.6 is 11.8 Å². The van der Waals surface area contributed by atoms with E-state index in [9.17, 15) is 9.59 Å². The summed E-state index contributed by atoms with van der Waals surface area (Å²) in [4.78, 5) is 25.9. The molecule has 5 nitrogen and oxygen atoms in total. The minimum Gasteiger partial charge on any atom is -0.497 e. The van der Waals surface area contributed by atoms with E-state index < -0.39 is 6.09 Å². The van der Waals surface area contributed by atoms with Crippen LogP contribution in [0.2, 0.25) is 0 Å². The normalized spacial score (nSPS) is 20.8. The maximum absolute atomic E-state index is 12.1. The standard InChI is InChI=1S/C14H15NO4S/c1-18-10-2-3-11-9(8-20-12(11)7-10)6-13(16)15-4-5-19-14(15)17/h2-3,7,9H,4-6,8H2,1H3. The first-order chi connectivity index (χ1) is 9.69. The Morgan fingerprint density at radius 1 is 1.55 bits per heavy atom. The highest BCUT2D eigenvalue weighted by atomic mass is 32.2. The Morgan fingerprint density at radius 2 is 2.40 bits per heavy atom. The summed E-state index contributed by atoms with van der Waals surface area (Å²) in [6.07, 6.45) is -0.169. The molecule has 1 aromatic rings. The van der Waals surface area contributed by atoms with Gasteiger partial charge in [0.2, 0.25) is 5.91 Å². The molecule has 20 heavy (non-hydrogen) atoms. The number of cyclic esters (lactones) is 1. The van der Waals surface area contributed by atoms with Gasteiger partial charge in [-0.2, -0.15) is 0 Å². The fraction of sp³-hybridized carbons (Fsp3) is 0.429. The zero-order chi connectivity index (χ0) is 14.1. The third kappa shape index (κ3) is 2.35. The molecular formula is C14H15NO4S. The molecule has 0 radical (unpaired) electrons. The number of hydrogen-bond donors (Lipinski definition) is 0. The van der Waals surface area contributed by atoms with E-state index in [4.69, 9.17) is 9.47 Å². The summed E-state index contributed by atoms with van der Waals surface area (Å²) < 4.78 is 10.00. The smallest absolute Gasteiger partial charge is 0.416 e. The van der Waals surface area contributed by atoms with Gasteiger partial charge in [0.05, 0.1) is 13.7 Å². The largest absolute Gasteiger partial charge is 0.497 e. The van der Waals surface area contributed by atoms with E-state index in [1.807, 2.05) is 18.2 Å². The van der Waals surface area contributed by atoms with Gasteiger partial charge in [0.15, 0.2) is 0 Å². The summed E-state index contributed by atoms with van der Waals surface area (Å²) in [6.45, 7) is 0.671. The first-order valence-electron chi connectivity index (χ1n) is 6.47. The number of carbonyl (C=O) groups excluding carboxylic acids is 2. The Bertz CT molecular complexity index is 560. The van der Waals surface area contributed by atoms with Crippen LogP contribution in [0, 0.1) is 0 Å². The van der Waals surface area contributed by atoms with Crippen molar-refractivity contribution in [3.8, 4) is 5.75 Å². The molecule has 0 saturated carbocycles. The Balaban J connectivity index is 1.72. The molecule has 2 aliphatic heterocycles. The van der Waals surface area contributed by atoms with Crippen LogP contribution in [0.25, 0.3) is 0 Å². The van der Waals surface area contributed by atoms with Gasteiger partial charge in [0, 0.05) is 23.0 Å². The summed E-state index contributed by atoms with van der Waals surface area (Å²) in [7, 11) is 1.64. The molecule has 0 aromatic heterocycles. The third-order valence-corrected chi connectivity index (χ3v) is 4.82. The van der Waals surface area contributed by atoms with Crippen LogP contribution in [0.1, 0.15) is 17.9 Å². The number of imide groups is 1. The predicted octanol–water partition coefficient (Wildman–Crippen LogP) is 2.25. The summed E-state index contributed by atoms with van der Waals surface area (Å²) in [5.74, 6) is 1.69. The van der Waals surface area contributed by atoms with Gasteiger partial charge in [-0.05, 0) is 17.7 Å². The van der Waals surface area contributed by atoms with Crippen molar-refractivity contribution in [2.24, 2.45) is 0 Å². The Kier molecular flexibility index (Phi) is 3.56. The highest BCUT2D eigenvalue weighted by Crippen LogP contribution is 2.43. The summed E-state index contributed by atoms with van der Waals surface area (Å²) in [6, 6.07) is 5.91. The molecule has 2 heterocycles. The molecule has 1 unspecified atom stereocenters. The second-order valence-electron chi connectivity index (χ2n) is 4.78. The van der Waals surface area contributed by atoms with E-state index in [0.717, 1.165) is 22.0 Å². The first kappa shape index (κ1) is 13.3. The van der Waals surface area contributed by atoms with Crippen molar-refractivity contribution >= 4 is 23.8 Å². The van der Waals surface area contributed by atoms with Crippen molar-refractivity contribution in [2.75, 3.05) is 26.0 Å². The zero-order valence-corrected chi connectivity index (χ0v) is 11.9. The lowest BCUT2D eigenvalue weighted by molar-refractivity contribution is -0.128. The second kappa shape index (κ2) is 5.36. The molecule has 1 fully saturated rings. The fourth-order valence-electron chi connectivity index (χ4n) is 2.49. The third-order valence-electron chi connectivity index (χ3n) is 3.58. The first-order valence-corrected chi connectivity index (χ1v) is 7.45. The molecule has 1 saturated heterocycles. The van der Waals surface area contributed by atoms with Crippen molar-refractivity contribution in [3.63, 3.8) is 0 Å². The van der Waals surface area contributed by atoms with E-state index in [-0.39, 0.29) is 11.8 Å². The SMILES string of the molecule is COc1ccc2c(c1)SCC2CC(=O)N1CCOC1=O. The van der Waals surface area contributed by atoms with Gasteiger partial charge in [-0.3, -0.25) is 4.79 Å². The van der Waals surface area contributed by atoms with E-state index in [2.05, 4.69) is 0 Å². The molecular weight excluding hydrogens is 278 g/mol. The lowest BCUT2D eigenvalue weighted by Crippen LogP contribution is -2.32. The summed E-state index contributed by atoms with van der Waals surface area (Å²) >= 11 is 1.72. The fourth-order valence-corrected chi connectivity index (χ4v) is 3.77. The zero-order valence-electron chi connectivity index (χ0n) is 11.1. The maximum atomic E-state index is 12.1. The molecule has 6 heteroatoms. The van der Waals surface area contributed by atoms with Gasteiger partial charge in [0.25, 0.3) is 0 Å². The minimum atomic E-state index is -0.518. The highest BCUT2D eigenvalue weighted by molar-refractivity contribution is 7.99. The molecule has 1 aromatic carbocycles. The van der Waals surface area contributed by atoms with Crippen molar-refractivity contribution in [1.82, 2.24) is 4.90 Å². The molecule has 3 rings (SSSR count). The Hall–Kier alpha value is -1.69.